The zero-order valence-corrected chi connectivity index (χ0v) is 15.3. The fourth-order valence-electron chi connectivity index (χ4n) is 3.44. The number of nitrogens with zero attached hydrogens (tertiary/aromatic N) is 6. The van der Waals surface area contributed by atoms with Gasteiger partial charge in [-0.1, -0.05) is 0 Å². The summed E-state index contributed by atoms with van der Waals surface area (Å²) < 4.78 is 33.7. The van der Waals surface area contributed by atoms with E-state index in [1.807, 2.05) is 12.1 Å². The van der Waals surface area contributed by atoms with Gasteiger partial charge in [0, 0.05) is 44.2 Å². The fourth-order valence-corrected chi connectivity index (χ4v) is 3.44. The molecule has 0 aromatic carbocycles. The van der Waals surface area contributed by atoms with E-state index in [0.29, 0.717) is 56.7 Å². The summed E-state index contributed by atoms with van der Waals surface area (Å²) in [5, 5.41) is 16.4. The van der Waals surface area contributed by atoms with E-state index in [4.69, 9.17) is 10.00 Å². The van der Waals surface area contributed by atoms with Crippen molar-refractivity contribution in [3.8, 4) is 12.0 Å². The molecule has 148 valence electrons. The molecule has 0 atom stereocenters. The molecule has 1 N–H and O–H groups in total. The summed E-state index contributed by atoms with van der Waals surface area (Å²) in [6.07, 6.45) is 2.16. The largest absolute Gasteiger partial charge is 0.378 e. The number of morpholine rings is 1. The van der Waals surface area contributed by atoms with Crippen molar-refractivity contribution < 1.29 is 13.5 Å². The Morgan fingerprint density at radius 3 is 2.64 bits per heavy atom. The van der Waals surface area contributed by atoms with Gasteiger partial charge in [-0.3, -0.25) is 0 Å². The smallest absolute Gasteiger partial charge is 0.254 e. The number of anilines is 2. The van der Waals surface area contributed by atoms with Gasteiger partial charge in [-0.25, -0.2) is 13.5 Å². The molecule has 1 aliphatic carbocycles. The zero-order chi connectivity index (χ0) is 19.6. The Morgan fingerprint density at radius 2 is 1.96 bits per heavy atom. The molecule has 28 heavy (non-hydrogen) atoms. The number of hydrogen-bond donors (Lipinski definition) is 1. The molecule has 2 aromatic heterocycles. The van der Waals surface area contributed by atoms with Gasteiger partial charge >= 0.3 is 0 Å². The third kappa shape index (κ3) is 4.20. The lowest BCUT2D eigenvalue weighted by Crippen LogP contribution is -2.37. The minimum Gasteiger partial charge on any atom is -0.378 e. The summed E-state index contributed by atoms with van der Waals surface area (Å²) in [5.41, 5.74) is 0.268. The number of nitriles is 1. The second-order valence-corrected chi connectivity index (χ2v) is 7.04. The number of hydrogen-bond acceptors (Lipinski definition) is 7. The average molecular weight is 389 g/mol. The Bertz CT molecular complexity index is 863. The van der Waals surface area contributed by atoms with E-state index < -0.39 is 5.92 Å². The van der Waals surface area contributed by atoms with Crippen molar-refractivity contribution in [1.82, 2.24) is 19.7 Å². The molecule has 3 heterocycles. The van der Waals surface area contributed by atoms with Crippen molar-refractivity contribution in [2.45, 2.75) is 37.6 Å². The molecule has 0 bridgehead atoms. The first-order valence-electron chi connectivity index (χ1n) is 9.35. The van der Waals surface area contributed by atoms with Crippen molar-refractivity contribution in [1.29, 1.82) is 5.26 Å². The van der Waals surface area contributed by atoms with Crippen LogP contribution in [-0.4, -0.2) is 58.0 Å². The summed E-state index contributed by atoms with van der Waals surface area (Å²) in [6, 6.07) is 5.33. The van der Waals surface area contributed by atoms with Gasteiger partial charge in [0.05, 0.1) is 13.2 Å². The maximum absolute atomic E-state index is 13.4. The lowest BCUT2D eigenvalue weighted by atomic mass is 9.92. The van der Waals surface area contributed by atoms with Crippen LogP contribution in [0.1, 0.15) is 31.4 Å². The highest BCUT2D eigenvalue weighted by Gasteiger charge is 2.35. The molecule has 1 saturated heterocycles. The lowest BCUT2D eigenvalue weighted by molar-refractivity contribution is -0.0361. The van der Waals surface area contributed by atoms with Crippen molar-refractivity contribution in [2.24, 2.45) is 0 Å². The number of nitrogens with one attached hydrogen (secondary N) is 1. The van der Waals surface area contributed by atoms with Gasteiger partial charge in [0.15, 0.2) is 5.69 Å². The van der Waals surface area contributed by atoms with Gasteiger partial charge in [0.2, 0.25) is 5.92 Å². The van der Waals surface area contributed by atoms with E-state index in [9.17, 15) is 8.78 Å². The molecule has 4 rings (SSSR count). The van der Waals surface area contributed by atoms with Gasteiger partial charge in [-0.15, -0.1) is 0 Å². The van der Waals surface area contributed by atoms with Gasteiger partial charge in [0.1, 0.15) is 17.7 Å². The standard InChI is InChI=1S/C18H21F2N7O/c19-18(20)4-1-13(2-5-18)22-15-11-16(26-7-9-28-10-8-26)24-17(23-15)27-6-3-14(12-21)25-27/h3,6,11,13H,1-2,4-5,7-10H2,(H,22,23,24). The van der Waals surface area contributed by atoms with Crippen LogP contribution in [0.2, 0.25) is 0 Å². The maximum atomic E-state index is 13.4. The lowest BCUT2D eigenvalue weighted by Gasteiger charge is -2.30. The number of ether oxygens (including phenoxy) is 1. The van der Waals surface area contributed by atoms with Gasteiger partial charge < -0.3 is 15.0 Å². The number of rotatable bonds is 4. The Hall–Kier alpha value is -2.80. The summed E-state index contributed by atoms with van der Waals surface area (Å²) >= 11 is 0. The molecular formula is C18H21F2N7O. The normalized spacial score (nSPS) is 20.0. The van der Waals surface area contributed by atoms with Crippen LogP contribution in [0.3, 0.4) is 0 Å². The van der Waals surface area contributed by atoms with Crippen molar-refractivity contribution in [2.75, 3.05) is 36.5 Å². The second-order valence-electron chi connectivity index (χ2n) is 7.04. The van der Waals surface area contributed by atoms with Crippen molar-refractivity contribution >= 4 is 11.6 Å². The predicted octanol–water partition coefficient (Wildman–Crippen LogP) is 2.36. The van der Waals surface area contributed by atoms with E-state index in [0.717, 1.165) is 0 Å². The molecule has 1 saturated carbocycles. The van der Waals surface area contributed by atoms with Crippen molar-refractivity contribution in [3.05, 3.63) is 24.0 Å². The number of aromatic nitrogens is 4. The van der Waals surface area contributed by atoms with Crippen molar-refractivity contribution in [3.63, 3.8) is 0 Å². The number of alkyl halides is 2. The van der Waals surface area contributed by atoms with Crippen LogP contribution in [0, 0.1) is 11.3 Å². The van der Waals surface area contributed by atoms with Crippen LogP contribution < -0.4 is 10.2 Å². The molecule has 2 aromatic rings. The second kappa shape index (κ2) is 7.67. The topological polar surface area (TPSA) is 91.9 Å². The molecule has 0 radical (unpaired) electrons. The summed E-state index contributed by atoms with van der Waals surface area (Å²) in [5.74, 6) is -0.965. The average Bonchev–Trinajstić information content (AvgIpc) is 3.19. The maximum Gasteiger partial charge on any atom is 0.254 e. The Morgan fingerprint density at radius 1 is 1.21 bits per heavy atom. The van der Waals surface area contributed by atoms with Crippen LogP contribution in [0.15, 0.2) is 18.3 Å². The first-order chi connectivity index (χ1) is 13.5. The Labute approximate surface area is 161 Å². The monoisotopic (exact) mass is 389 g/mol. The first kappa shape index (κ1) is 18.6. The highest BCUT2D eigenvalue weighted by atomic mass is 19.3. The van der Waals surface area contributed by atoms with Crippen LogP contribution in [-0.2, 0) is 4.74 Å². The van der Waals surface area contributed by atoms with Crippen LogP contribution >= 0.6 is 0 Å². The van der Waals surface area contributed by atoms with E-state index in [2.05, 4.69) is 25.3 Å². The fraction of sp³-hybridized carbons (Fsp3) is 0.556. The SMILES string of the molecule is N#Cc1ccn(-c2nc(NC3CCC(F)(F)CC3)cc(N3CCOCC3)n2)n1. The summed E-state index contributed by atoms with van der Waals surface area (Å²) in [6.45, 7) is 2.63. The predicted molar refractivity (Wildman–Crippen MR) is 97.7 cm³/mol. The molecule has 0 unspecified atom stereocenters. The minimum atomic E-state index is -2.57. The number of halogens is 2. The Balaban J connectivity index is 1.61. The van der Waals surface area contributed by atoms with Gasteiger partial charge in [-0.05, 0) is 18.9 Å². The van der Waals surface area contributed by atoms with Crippen LogP contribution in [0.4, 0.5) is 20.4 Å². The molecule has 0 amide bonds. The third-order valence-electron chi connectivity index (χ3n) is 5.01. The molecule has 10 heteroatoms. The van der Waals surface area contributed by atoms with Gasteiger partial charge in [-0.2, -0.15) is 20.3 Å². The summed E-state index contributed by atoms with van der Waals surface area (Å²) in [7, 11) is 0. The third-order valence-corrected chi connectivity index (χ3v) is 5.01. The highest BCUT2D eigenvalue weighted by molar-refractivity contribution is 5.52. The van der Waals surface area contributed by atoms with Gasteiger partial charge in [0.25, 0.3) is 5.95 Å². The molecule has 1 aliphatic heterocycles. The zero-order valence-electron chi connectivity index (χ0n) is 15.3. The highest BCUT2D eigenvalue weighted by Crippen LogP contribution is 2.34. The molecular weight excluding hydrogens is 368 g/mol. The minimum absolute atomic E-state index is 0.0628. The quantitative estimate of drug-likeness (QED) is 0.858. The molecule has 2 fully saturated rings. The Kier molecular flexibility index (Phi) is 5.09. The van der Waals surface area contributed by atoms with Crippen LogP contribution in [0.5, 0.6) is 0 Å². The molecule has 2 aliphatic rings. The van der Waals surface area contributed by atoms with E-state index in [-0.39, 0.29) is 24.6 Å². The van der Waals surface area contributed by atoms with E-state index in [1.54, 1.807) is 12.3 Å². The van der Waals surface area contributed by atoms with E-state index in [1.165, 1.54) is 4.68 Å². The molecule has 0 spiro atoms. The van der Waals surface area contributed by atoms with Crippen LogP contribution in [0.25, 0.3) is 5.95 Å². The summed E-state index contributed by atoms with van der Waals surface area (Å²) in [4.78, 5) is 11.2. The first-order valence-corrected chi connectivity index (χ1v) is 9.35. The van der Waals surface area contributed by atoms with E-state index >= 15 is 0 Å². The molecule has 8 nitrogen and oxygen atoms in total.